The smallest absolute Gasteiger partial charge is 0.171 e. The average Bonchev–Trinajstić information content (AvgIpc) is 2.33. The topological polar surface area (TPSA) is 30.5 Å². The maximum atomic E-state index is 13.6. The fraction of sp³-hybridized carbons (Fsp3) is 0.538. The van der Waals surface area contributed by atoms with Crippen LogP contribution in [0.15, 0.2) is 18.2 Å². The van der Waals surface area contributed by atoms with Gasteiger partial charge in [0.25, 0.3) is 0 Å². The van der Waals surface area contributed by atoms with Gasteiger partial charge < -0.3 is 14.8 Å². The summed E-state index contributed by atoms with van der Waals surface area (Å²) in [6.07, 6.45) is -0.441. The van der Waals surface area contributed by atoms with Crippen LogP contribution in [0.2, 0.25) is 0 Å². The molecule has 102 valence electrons. The lowest BCUT2D eigenvalue weighted by Crippen LogP contribution is -2.41. The Bertz CT molecular complexity index is 383. The van der Waals surface area contributed by atoms with E-state index < -0.39 is 17.9 Å². The Morgan fingerprint density at radius 2 is 1.72 bits per heavy atom. The lowest BCUT2D eigenvalue weighted by molar-refractivity contribution is -0.120. The second-order valence-corrected chi connectivity index (χ2v) is 4.18. The van der Waals surface area contributed by atoms with Gasteiger partial charge in [-0.1, -0.05) is 0 Å². The molecule has 0 fully saturated rings. The van der Waals surface area contributed by atoms with Crippen LogP contribution in [0, 0.1) is 11.6 Å². The first-order valence-electron chi connectivity index (χ1n) is 5.76. The molecule has 0 saturated carbocycles. The third-order valence-electron chi connectivity index (χ3n) is 2.81. The molecule has 0 saturated heterocycles. The van der Waals surface area contributed by atoms with Crippen molar-refractivity contribution in [3.8, 4) is 0 Å². The van der Waals surface area contributed by atoms with Gasteiger partial charge in [-0.25, -0.2) is 8.78 Å². The summed E-state index contributed by atoms with van der Waals surface area (Å²) in [7, 11) is 3.06. The van der Waals surface area contributed by atoms with Gasteiger partial charge in [0.15, 0.2) is 6.29 Å². The van der Waals surface area contributed by atoms with Crippen LogP contribution in [-0.4, -0.2) is 26.6 Å². The average molecular weight is 259 g/mol. The van der Waals surface area contributed by atoms with E-state index in [1.807, 2.05) is 6.92 Å². The Balaban J connectivity index is 2.75. The molecule has 2 unspecified atom stereocenters. The highest BCUT2D eigenvalue weighted by Gasteiger charge is 2.20. The molecule has 1 rings (SSSR count). The largest absolute Gasteiger partial charge is 0.354 e. The molecule has 0 spiro atoms. The van der Waals surface area contributed by atoms with Gasteiger partial charge in [-0.05, 0) is 32.0 Å². The summed E-state index contributed by atoms with van der Waals surface area (Å²) in [5.74, 6) is -0.891. The molecule has 1 N–H and O–H groups in total. The van der Waals surface area contributed by atoms with Crippen LogP contribution < -0.4 is 5.32 Å². The van der Waals surface area contributed by atoms with E-state index in [2.05, 4.69) is 5.32 Å². The summed E-state index contributed by atoms with van der Waals surface area (Å²) in [5.41, 5.74) is 0.285. The van der Waals surface area contributed by atoms with E-state index in [1.165, 1.54) is 20.3 Å². The Morgan fingerprint density at radius 1 is 1.11 bits per heavy atom. The van der Waals surface area contributed by atoms with E-state index in [0.717, 1.165) is 12.1 Å². The van der Waals surface area contributed by atoms with Gasteiger partial charge in [-0.15, -0.1) is 0 Å². The van der Waals surface area contributed by atoms with Gasteiger partial charge in [0.2, 0.25) is 0 Å². The van der Waals surface area contributed by atoms with Crippen LogP contribution in [0.3, 0.4) is 0 Å². The van der Waals surface area contributed by atoms with Crippen LogP contribution in [0.1, 0.15) is 25.5 Å². The second-order valence-electron chi connectivity index (χ2n) is 4.18. The monoisotopic (exact) mass is 259 g/mol. The SMILES string of the molecule is COC(OC)C(C)NC(C)c1cc(F)ccc1F. The van der Waals surface area contributed by atoms with E-state index in [-0.39, 0.29) is 17.6 Å². The Morgan fingerprint density at radius 3 is 2.28 bits per heavy atom. The van der Waals surface area contributed by atoms with Gasteiger partial charge in [0.1, 0.15) is 11.6 Å². The summed E-state index contributed by atoms with van der Waals surface area (Å²) < 4.78 is 36.9. The van der Waals surface area contributed by atoms with Crippen molar-refractivity contribution in [1.29, 1.82) is 0 Å². The lowest BCUT2D eigenvalue weighted by Gasteiger charge is -2.26. The molecule has 5 heteroatoms. The van der Waals surface area contributed by atoms with Gasteiger partial charge in [0.05, 0.1) is 6.04 Å². The van der Waals surface area contributed by atoms with E-state index in [0.29, 0.717) is 0 Å². The van der Waals surface area contributed by atoms with Crippen LogP contribution in [0.4, 0.5) is 8.78 Å². The molecule has 0 aromatic heterocycles. The Kier molecular flexibility index (Phi) is 5.65. The first-order valence-corrected chi connectivity index (χ1v) is 5.76. The third kappa shape index (κ3) is 3.73. The number of halogens is 2. The van der Waals surface area contributed by atoms with E-state index in [1.54, 1.807) is 6.92 Å². The number of methoxy groups -OCH3 is 2. The van der Waals surface area contributed by atoms with Crippen molar-refractivity contribution in [3.05, 3.63) is 35.4 Å². The summed E-state index contributed by atoms with van der Waals surface area (Å²) in [5, 5.41) is 3.11. The first kappa shape index (κ1) is 15.0. The number of nitrogens with one attached hydrogen (secondary N) is 1. The summed E-state index contributed by atoms with van der Waals surface area (Å²) in [6.45, 7) is 3.61. The van der Waals surface area contributed by atoms with Crippen LogP contribution >= 0.6 is 0 Å². The van der Waals surface area contributed by atoms with Crippen molar-refractivity contribution in [2.24, 2.45) is 0 Å². The molecule has 0 aliphatic carbocycles. The van der Waals surface area contributed by atoms with Gasteiger partial charge >= 0.3 is 0 Å². The zero-order valence-corrected chi connectivity index (χ0v) is 11.0. The van der Waals surface area contributed by atoms with E-state index >= 15 is 0 Å². The minimum atomic E-state index is -0.456. The Labute approximate surface area is 106 Å². The van der Waals surface area contributed by atoms with Gasteiger partial charge in [0, 0.05) is 25.8 Å². The van der Waals surface area contributed by atoms with Crippen molar-refractivity contribution in [2.75, 3.05) is 14.2 Å². The van der Waals surface area contributed by atoms with Crippen molar-refractivity contribution < 1.29 is 18.3 Å². The fourth-order valence-electron chi connectivity index (χ4n) is 1.91. The first-order chi connectivity index (χ1) is 8.49. The van der Waals surface area contributed by atoms with Crippen molar-refractivity contribution >= 4 is 0 Å². The number of benzene rings is 1. The van der Waals surface area contributed by atoms with E-state index in [9.17, 15) is 8.78 Å². The molecule has 1 aromatic carbocycles. The van der Waals surface area contributed by atoms with Crippen molar-refractivity contribution in [1.82, 2.24) is 5.32 Å². The molecule has 0 bridgehead atoms. The zero-order chi connectivity index (χ0) is 13.7. The molecule has 2 atom stereocenters. The van der Waals surface area contributed by atoms with Crippen molar-refractivity contribution in [3.63, 3.8) is 0 Å². The highest BCUT2D eigenvalue weighted by Crippen LogP contribution is 2.19. The lowest BCUT2D eigenvalue weighted by atomic mass is 10.1. The molecular weight excluding hydrogens is 240 g/mol. The Hall–Kier alpha value is -1.04. The molecule has 1 aromatic rings. The number of ether oxygens (including phenoxy) is 2. The molecule has 0 aliphatic heterocycles. The third-order valence-corrected chi connectivity index (χ3v) is 2.81. The zero-order valence-electron chi connectivity index (χ0n) is 11.0. The maximum Gasteiger partial charge on any atom is 0.171 e. The summed E-state index contributed by atoms with van der Waals surface area (Å²) in [6, 6.07) is 2.91. The highest BCUT2D eigenvalue weighted by atomic mass is 19.1. The molecule has 18 heavy (non-hydrogen) atoms. The standard InChI is InChI=1S/C13H19F2NO2/c1-8(16-9(2)13(17-3)18-4)11-7-10(14)5-6-12(11)15/h5-9,13,16H,1-4H3. The van der Waals surface area contributed by atoms with Crippen LogP contribution in [0.5, 0.6) is 0 Å². The summed E-state index contributed by atoms with van der Waals surface area (Å²) >= 11 is 0. The minimum absolute atomic E-state index is 0.155. The second kappa shape index (κ2) is 6.78. The molecule has 0 heterocycles. The highest BCUT2D eigenvalue weighted by molar-refractivity contribution is 5.21. The fourth-order valence-corrected chi connectivity index (χ4v) is 1.91. The summed E-state index contributed by atoms with van der Waals surface area (Å²) in [4.78, 5) is 0. The predicted molar refractivity (Wildman–Crippen MR) is 65.2 cm³/mol. The quantitative estimate of drug-likeness (QED) is 0.797. The molecule has 3 nitrogen and oxygen atoms in total. The van der Waals surface area contributed by atoms with Crippen LogP contribution in [0.25, 0.3) is 0 Å². The molecule has 0 radical (unpaired) electrons. The molecular formula is C13H19F2NO2. The normalized spacial score (nSPS) is 14.8. The van der Waals surface area contributed by atoms with E-state index in [4.69, 9.17) is 9.47 Å². The predicted octanol–water partition coefficient (Wildman–Crippen LogP) is 2.62. The maximum absolute atomic E-state index is 13.6. The molecule has 0 amide bonds. The molecule has 0 aliphatic rings. The number of hydrogen-bond donors (Lipinski definition) is 1. The number of rotatable bonds is 6. The van der Waals surface area contributed by atoms with Crippen molar-refractivity contribution in [2.45, 2.75) is 32.2 Å². The van der Waals surface area contributed by atoms with Crippen LogP contribution in [-0.2, 0) is 9.47 Å². The van der Waals surface area contributed by atoms with Gasteiger partial charge in [-0.3, -0.25) is 0 Å². The van der Waals surface area contributed by atoms with Gasteiger partial charge in [-0.2, -0.15) is 0 Å². The minimum Gasteiger partial charge on any atom is -0.354 e. The number of hydrogen-bond acceptors (Lipinski definition) is 3.